The molecule has 1 aliphatic heterocycles. The van der Waals surface area contributed by atoms with Crippen LogP contribution in [0.15, 0.2) is 48.8 Å². The average Bonchev–Trinajstić information content (AvgIpc) is 2.61. The molecule has 2 heterocycles. The molecule has 1 fully saturated rings. The molecule has 0 radical (unpaired) electrons. The van der Waals surface area contributed by atoms with E-state index < -0.39 is 0 Å². The number of nitrogens with zero attached hydrogens (tertiary/aromatic N) is 4. The van der Waals surface area contributed by atoms with Gasteiger partial charge in [0.2, 0.25) is 5.95 Å². The first-order valence-electron chi connectivity index (χ1n) is 7.28. The Hall–Kier alpha value is -2.58. The molecule has 1 saturated heterocycles. The van der Waals surface area contributed by atoms with Crippen LogP contribution in [0.4, 0.5) is 5.95 Å². The smallest absolute Gasteiger partial charge is 0.299 e. The number of halogens is 1. The summed E-state index contributed by atoms with van der Waals surface area (Å²) in [5.74, 6) is 5.91. The second kappa shape index (κ2) is 7.12. The van der Waals surface area contributed by atoms with Crippen LogP contribution in [-0.4, -0.2) is 45.9 Å². The third-order valence-electron chi connectivity index (χ3n) is 3.50. The number of hydrogen-bond donors (Lipinski definition) is 0. The monoisotopic (exact) mass is 326 g/mol. The van der Waals surface area contributed by atoms with Crippen molar-refractivity contribution < 1.29 is 4.79 Å². The SMILES string of the molecule is O=C(C#Cc1ccccc1)N1CCN(c2ncccn2)C(Cl)C1. The Balaban J connectivity index is 1.64. The largest absolute Gasteiger partial charge is 0.327 e. The van der Waals surface area contributed by atoms with Crippen LogP contribution in [0.25, 0.3) is 0 Å². The van der Waals surface area contributed by atoms with Crippen molar-refractivity contribution in [1.82, 2.24) is 14.9 Å². The summed E-state index contributed by atoms with van der Waals surface area (Å²) in [6.07, 6.45) is 3.35. The van der Waals surface area contributed by atoms with Crippen LogP contribution in [0.1, 0.15) is 5.56 Å². The predicted octanol–water partition coefficient (Wildman–Crippen LogP) is 1.74. The van der Waals surface area contributed by atoms with E-state index in [0.29, 0.717) is 25.6 Å². The topological polar surface area (TPSA) is 49.3 Å². The summed E-state index contributed by atoms with van der Waals surface area (Å²) in [4.78, 5) is 24.1. The molecule has 0 N–H and O–H groups in total. The Morgan fingerprint density at radius 1 is 1.13 bits per heavy atom. The second-order valence-corrected chi connectivity index (χ2v) is 5.55. The first-order valence-corrected chi connectivity index (χ1v) is 7.71. The maximum absolute atomic E-state index is 12.2. The van der Waals surface area contributed by atoms with Gasteiger partial charge in [0.05, 0.1) is 6.54 Å². The Kier molecular flexibility index (Phi) is 4.74. The van der Waals surface area contributed by atoms with Crippen LogP contribution in [0.3, 0.4) is 0 Å². The van der Waals surface area contributed by atoms with E-state index >= 15 is 0 Å². The van der Waals surface area contributed by atoms with Crippen molar-refractivity contribution in [2.45, 2.75) is 5.50 Å². The zero-order valence-corrected chi connectivity index (χ0v) is 13.1. The molecule has 3 rings (SSSR count). The van der Waals surface area contributed by atoms with Crippen LogP contribution >= 0.6 is 11.6 Å². The van der Waals surface area contributed by atoms with Gasteiger partial charge >= 0.3 is 0 Å². The fraction of sp³-hybridized carbons (Fsp3) is 0.235. The molecule has 0 spiro atoms. The van der Waals surface area contributed by atoms with E-state index in [1.54, 1.807) is 23.4 Å². The number of carbonyl (C=O) groups is 1. The summed E-state index contributed by atoms with van der Waals surface area (Å²) in [5.41, 5.74) is 0.452. The molecular formula is C17H15ClN4O. The van der Waals surface area contributed by atoms with E-state index in [4.69, 9.17) is 11.6 Å². The first kappa shape index (κ1) is 15.3. The predicted molar refractivity (Wildman–Crippen MR) is 88.9 cm³/mol. The maximum Gasteiger partial charge on any atom is 0.299 e. The van der Waals surface area contributed by atoms with Gasteiger partial charge < -0.3 is 9.80 Å². The number of benzene rings is 1. The van der Waals surface area contributed by atoms with Crippen molar-refractivity contribution in [2.24, 2.45) is 0 Å². The highest BCUT2D eigenvalue weighted by Gasteiger charge is 2.28. The fourth-order valence-corrected chi connectivity index (χ4v) is 2.67. The van der Waals surface area contributed by atoms with Crippen molar-refractivity contribution in [3.63, 3.8) is 0 Å². The lowest BCUT2D eigenvalue weighted by Gasteiger charge is -2.37. The van der Waals surface area contributed by atoms with Gasteiger partial charge in [-0.15, -0.1) is 0 Å². The van der Waals surface area contributed by atoms with Gasteiger partial charge in [0.25, 0.3) is 5.91 Å². The summed E-state index contributed by atoms with van der Waals surface area (Å²) in [7, 11) is 0. The molecule has 23 heavy (non-hydrogen) atoms. The fourth-order valence-electron chi connectivity index (χ4n) is 2.32. The van der Waals surface area contributed by atoms with Crippen LogP contribution < -0.4 is 4.90 Å². The van der Waals surface area contributed by atoms with Gasteiger partial charge in [-0.2, -0.15) is 0 Å². The quantitative estimate of drug-likeness (QED) is 0.455. The summed E-state index contributed by atoms with van der Waals surface area (Å²) in [6.45, 7) is 1.52. The normalized spacial score (nSPS) is 17.3. The average molecular weight is 327 g/mol. The summed E-state index contributed by atoms with van der Waals surface area (Å²) in [6, 6.07) is 11.2. The highest BCUT2D eigenvalue weighted by atomic mass is 35.5. The summed E-state index contributed by atoms with van der Waals surface area (Å²) in [5, 5.41) is 0. The molecule has 0 aliphatic carbocycles. The minimum absolute atomic E-state index is 0.215. The van der Waals surface area contributed by atoms with Crippen LogP contribution in [-0.2, 0) is 4.79 Å². The zero-order valence-electron chi connectivity index (χ0n) is 12.4. The Bertz CT molecular complexity index is 727. The van der Waals surface area contributed by atoms with Gasteiger partial charge in [-0.1, -0.05) is 35.7 Å². The molecule has 1 unspecified atom stereocenters. The van der Waals surface area contributed by atoms with E-state index in [2.05, 4.69) is 21.8 Å². The molecule has 1 aromatic carbocycles. The van der Waals surface area contributed by atoms with Gasteiger partial charge in [-0.05, 0) is 18.2 Å². The van der Waals surface area contributed by atoms with Crippen molar-refractivity contribution in [3.8, 4) is 11.8 Å². The van der Waals surface area contributed by atoms with E-state index in [-0.39, 0.29) is 11.4 Å². The Morgan fingerprint density at radius 3 is 2.57 bits per heavy atom. The van der Waals surface area contributed by atoms with E-state index in [9.17, 15) is 4.79 Å². The molecule has 2 aromatic rings. The number of anilines is 1. The molecule has 0 bridgehead atoms. The molecule has 1 aliphatic rings. The van der Waals surface area contributed by atoms with Gasteiger partial charge in [0.1, 0.15) is 5.50 Å². The zero-order chi connectivity index (χ0) is 16.1. The highest BCUT2D eigenvalue weighted by Crippen LogP contribution is 2.18. The minimum atomic E-state index is -0.367. The second-order valence-electron chi connectivity index (χ2n) is 5.04. The number of carbonyl (C=O) groups excluding carboxylic acids is 1. The lowest BCUT2D eigenvalue weighted by Crippen LogP contribution is -2.53. The lowest BCUT2D eigenvalue weighted by atomic mass is 10.2. The van der Waals surface area contributed by atoms with Crippen molar-refractivity contribution >= 4 is 23.5 Å². The van der Waals surface area contributed by atoms with E-state index in [0.717, 1.165) is 5.56 Å². The van der Waals surface area contributed by atoms with Crippen molar-refractivity contribution in [1.29, 1.82) is 0 Å². The Morgan fingerprint density at radius 2 is 1.87 bits per heavy atom. The van der Waals surface area contributed by atoms with Crippen LogP contribution in [0.2, 0.25) is 0 Å². The third-order valence-corrected chi connectivity index (χ3v) is 3.88. The summed E-state index contributed by atoms with van der Waals surface area (Å²) < 4.78 is 0. The van der Waals surface area contributed by atoms with Crippen molar-refractivity contribution in [2.75, 3.05) is 24.5 Å². The third kappa shape index (κ3) is 3.79. The molecule has 6 heteroatoms. The lowest BCUT2D eigenvalue weighted by molar-refractivity contribution is -0.125. The standard InChI is InChI=1S/C17H15ClN4O/c18-15-13-21(11-12-22(15)17-19-9-4-10-20-17)16(23)8-7-14-5-2-1-3-6-14/h1-6,9-10,15H,11-13H2. The molecule has 1 amide bonds. The van der Waals surface area contributed by atoms with Crippen LogP contribution in [0, 0.1) is 11.8 Å². The van der Waals surface area contributed by atoms with Gasteiger partial charge in [-0.3, -0.25) is 4.79 Å². The molecule has 1 atom stereocenters. The van der Waals surface area contributed by atoms with Gasteiger partial charge in [-0.25, -0.2) is 9.97 Å². The Labute approximate surface area is 139 Å². The molecule has 5 nitrogen and oxygen atoms in total. The maximum atomic E-state index is 12.2. The molecule has 1 aromatic heterocycles. The number of aromatic nitrogens is 2. The van der Waals surface area contributed by atoms with E-state index in [1.807, 2.05) is 35.2 Å². The highest BCUT2D eigenvalue weighted by molar-refractivity contribution is 6.22. The summed E-state index contributed by atoms with van der Waals surface area (Å²) >= 11 is 6.38. The minimum Gasteiger partial charge on any atom is -0.327 e. The molecular weight excluding hydrogens is 312 g/mol. The van der Waals surface area contributed by atoms with Crippen molar-refractivity contribution in [3.05, 3.63) is 54.4 Å². The number of amides is 1. The van der Waals surface area contributed by atoms with Gasteiger partial charge in [0.15, 0.2) is 0 Å². The number of piperazine rings is 1. The molecule has 0 saturated carbocycles. The van der Waals surface area contributed by atoms with Gasteiger partial charge in [0, 0.05) is 37.0 Å². The number of alkyl halides is 1. The molecule has 116 valence electrons. The van der Waals surface area contributed by atoms with Crippen LogP contribution in [0.5, 0.6) is 0 Å². The number of hydrogen-bond acceptors (Lipinski definition) is 4. The van der Waals surface area contributed by atoms with E-state index in [1.165, 1.54) is 0 Å². The first-order chi connectivity index (χ1) is 11.2. The number of rotatable bonds is 1.